The van der Waals surface area contributed by atoms with Crippen molar-refractivity contribution in [1.82, 2.24) is 9.78 Å². The Balaban J connectivity index is 2.19. The highest BCUT2D eigenvalue weighted by molar-refractivity contribution is 5.76. The van der Waals surface area contributed by atoms with Gasteiger partial charge < -0.3 is 5.11 Å². The van der Waals surface area contributed by atoms with Crippen molar-refractivity contribution in [3.05, 3.63) is 53.9 Å². The van der Waals surface area contributed by atoms with Gasteiger partial charge in [-0.2, -0.15) is 5.10 Å². The van der Waals surface area contributed by atoms with Crippen LogP contribution in [0.4, 0.5) is 0 Å². The third-order valence-electron chi connectivity index (χ3n) is 3.11. The molecule has 0 saturated heterocycles. The SMILES string of the molecule is CC(C)n1ccc(CC(C(=O)O)c2ccccc2)n1. The van der Waals surface area contributed by atoms with Crippen LogP contribution in [0.25, 0.3) is 0 Å². The number of carboxylic acids is 1. The molecular formula is C15H18N2O2. The molecule has 19 heavy (non-hydrogen) atoms. The van der Waals surface area contributed by atoms with Gasteiger partial charge in [0.2, 0.25) is 0 Å². The molecule has 0 amide bonds. The van der Waals surface area contributed by atoms with Crippen LogP contribution in [0.3, 0.4) is 0 Å². The summed E-state index contributed by atoms with van der Waals surface area (Å²) in [6.07, 6.45) is 2.31. The maximum Gasteiger partial charge on any atom is 0.311 e. The van der Waals surface area contributed by atoms with E-state index in [0.717, 1.165) is 11.3 Å². The van der Waals surface area contributed by atoms with E-state index in [1.807, 2.05) is 61.1 Å². The lowest BCUT2D eigenvalue weighted by Gasteiger charge is -2.11. The van der Waals surface area contributed by atoms with E-state index in [-0.39, 0.29) is 6.04 Å². The summed E-state index contributed by atoms with van der Waals surface area (Å²) in [6.45, 7) is 4.09. The second-order valence-electron chi connectivity index (χ2n) is 4.89. The summed E-state index contributed by atoms with van der Waals surface area (Å²) >= 11 is 0. The van der Waals surface area contributed by atoms with E-state index in [0.29, 0.717) is 6.42 Å². The van der Waals surface area contributed by atoms with Gasteiger partial charge >= 0.3 is 5.97 Å². The van der Waals surface area contributed by atoms with E-state index in [2.05, 4.69) is 5.10 Å². The van der Waals surface area contributed by atoms with Crippen molar-refractivity contribution in [3.8, 4) is 0 Å². The normalized spacial score (nSPS) is 12.6. The average Bonchev–Trinajstić information content (AvgIpc) is 2.85. The van der Waals surface area contributed by atoms with Crippen LogP contribution in [-0.4, -0.2) is 20.9 Å². The largest absolute Gasteiger partial charge is 0.481 e. The summed E-state index contributed by atoms with van der Waals surface area (Å²) in [5, 5.41) is 13.8. The van der Waals surface area contributed by atoms with E-state index < -0.39 is 11.9 Å². The van der Waals surface area contributed by atoms with Crippen LogP contribution >= 0.6 is 0 Å². The topological polar surface area (TPSA) is 55.1 Å². The predicted molar refractivity (Wildman–Crippen MR) is 73.1 cm³/mol. The zero-order valence-electron chi connectivity index (χ0n) is 11.2. The summed E-state index contributed by atoms with van der Waals surface area (Å²) in [5.74, 6) is -1.36. The lowest BCUT2D eigenvalue weighted by molar-refractivity contribution is -0.138. The molecule has 2 aromatic rings. The Bertz CT molecular complexity index is 546. The van der Waals surface area contributed by atoms with Crippen molar-refractivity contribution in [2.24, 2.45) is 0 Å². The molecule has 0 aliphatic heterocycles. The molecule has 0 spiro atoms. The molecule has 4 heteroatoms. The van der Waals surface area contributed by atoms with E-state index in [4.69, 9.17) is 0 Å². The first kappa shape index (κ1) is 13.3. The fraction of sp³-hybridized carbons (Fsp3) is 0.333. The van der Waals surface area contributed by atoms with Gasteiger partial charge in [-0.15, -0.1) is 0 Å². The molecule has 1 aromatic carbocycles. The summed E-state index contributed by atoms with van der Waals surface area (Å²) < 4.78 is 1.85. The Kier molecular flexibility index (Phi) is 4.00. The van der Waals surface area contributed by atoms with Crippen molar-refractivity contribution in [3.63, 3.8) is 0 Å². The molecule has 1 heterocycles. The molecular weight excluding hydrogens is 240 g/mol. The van der Waals surface area contributed by atoms with E-state index in [1.165, 1.54) is 0 Å². The predicted octanol–water partition coefficient (Wildman–Crippen LogP) is 2.87. The number of nitrogens with zero attached hydrogens (tertiary/aromatic N) is 2. The second-order valence-corrected chi connectivity index (χ2v) is 4.89. The molecule has 2 rings (SSSR count). The van der Waals surface area contributed by atoms with Crippen LogP contribution in [0.2, 0.25) is 0 Å². The minimum Gasteiger partial charge on any atom is -0.481 e. The molecule has 1 aromatic heterocycles. The van der Waals surface area contributed by atoms with Gasteiger partial charge in [-0.25, -0.2) is 0 Å². The molecule has 0 fully saturated rings. The Labute approximate surface area is 112 Å². The first-order valence-electron chi connectivity index (χ1n) is 6.39. The number of hydrogen-bond donors (Lipinski definition) is 1. The van der Waals surface area contributed by atoms with Crippen molar-refractivity contribution in [2.75, 3.05) is 0 Å². The molecule has 0 radical (unpaired) electrons. The summed E-state index contributed by atoms with van der Waals surface area (Å²) in [7, 11) is 0. The molecule has 1 N–H and O–H groups in total. The molecule has 100 valence electrons. The van der Waals surface area contributed by atoms with E-state index >= 15 is 0 Å². The van der Waals surface area contributed by atoms with Gasteiger partial charge in [0, 0.05) is 18.7 Å². The van der Waals surface area contributed by atoms with Crippen LogP contribution in [0.5, 0.6) is 0 Å². The first-order chi connectivity index (χ1) is 9.08. The summed E-state index contributed by atoms with van der Waals surface area (Å²) in [6, 6.07) is 11.5. The molecule has 4 nitrogen and oxygen atoms in total. The Morgan fingerprint density at radius 3 is 2.47 bits per heavy atom. The zero-order valence-corrected chi connectivity index (χ0v) is 11.2. The van der Waals surface area contributed by atoms with Crippen molar-refractivity contribution in [2.45, 2.75) is 32.2 Å². The van der Waals surface area contributed by atoms with Gasteiger partial charge in [0.25, 0.3) is 0 Å². The minimum absolute atomic E-state index is 0.286. The zero-order chi connectivity index (χ0) is 13.8. The van der Waals surface area contributed by atoms with Gasteiger partial charge in [-0.3, -0.25) is 9.48 Å². The van der Waals surface area contributed by atoms with Crippen molar-refractivity contribution >= 4 is 5.97 Å². The number of carbonyl (C=O) groups is 1. The fourth-order valence-corrected chi connectivity index (χ4v) is 2.02. The Morgan fingerprint density at radius 1 is 1.26 bits per heavy atom. The number of benzene rings is 1. The summed E-state index contributed by atoms with van der Waals surface area (Å²) in [5.41, 5.74) is 1.62. The molecule has 1 atom stereocenters. The second kappa shape index (κ2) is 5.69. The number of carboxylic acid groups (broad SMARTS) is 1. The lowest BCUT2D eigenvalue weighted by atomic mass is 9.94. The van der Waals surface area contributed by atoms with E-state index in [1.54, 1.807) is 0 Å². The molecule has 0 aliphatic rings. The monoisotopic (exact) mass is 258 g/mol. The van der Waals surface area contributed by atoms with Gasteiger partial charge in [0.05, 0.1) is 11.6 Å². The van der Waals surface area contributed by atoms with Crippen molar-refractivity contribution < 1.29 is 9.90 Å². The minimum atomic E-state index is -0.815. The van der Waals surface area contributed by atoms with Gasteiger partial charge in [-0.05, 0) is 25.5 Å². The highest BCUT2D eigenvalue weighted by atomic mass is 16.4. The maximum atomic E-state index is 11.4. The van der Waals surface area contributed by atoms with Crippen LogP contribution in [-0.2, 0) is 11.2 Å². The van der Waals surface area contributed by atoms with Crippen LogP contribution in [0, 0.1) is 0 Å². The van der Waals surface area contributed by atoms with Crippen LogP contribution in [0.1, 0.15) is 37.1 Å². The molecule has 0 saturated carbocycles. The lowest BCUT2D eigenvalue weighted by Crippen LogP contribution is -2.15. The third-order valence-corrected chi connectivity index (χ3v) is 3.11. The van der Waals surface area contributed by atoms with E-state index in [9.17, 15) is 9.90 Å². The maximum absolute atomic E-state index is 11.4. The quantitative estimate of drug-likeness (QED) is 0.897. The van der Waals surface area contributed by atoms with Gasteiger partial charge in [0.1, 0.15) is 0 Å². The molecule has 0 aliphatic carbocycles. The molecule has 1 unspecified atom stereocenters. The highest BCUT2D eigenvalue weighted by Gasteiger charge is 2.21. The highest BCUT2D eigenvalue weighted by Crippen LogP contribution is 2.20. The van der Waals surface area contributed by atoms with Crippen LogP contribution in [0.15, 0.2) is 42.6 Å². The van der Waals surface area contributed by atoms with Gasteiger partial charge in [0.15, 0.2) is 0 Å². The first-order valence-corrected chi connectivity index (χ1v) is 6.39. The smallest absolute Gasteiger partial charge is 0.311 e. The average molecular weight is 258 g/mol. The Hall–Kier alpha value is -2.10. The number of aliphatic carboxylic acids is 1. The fourth-order valence-electron chi connectivity index (χ4n) is 2.02. The number of rotatable bonds is 5. The summed E-state index contributed by atoms with van der Waals surface area (Å²) in [4.78, 5) is 11.4. The third kappa shape index (κ3) is 3.22. The molecule has 0 bridgehead atoms. The van der Waals surface area contributed by atoms with Gasteiger partial charge in [-0.1, -0.05) is 30.3 Å². The number of hydrogen-bond acceptors (Lipinski definition) is 2. The Morgan fingerprint density at radius 2 is 1.95 bits per heavy atom. The van der Waals surface area contributed by atoms with Crippen molar-refractivity contribution in [1.29, 1.82) is 0 Å². The van der Waals surface area contributed by atoms with Crippen LogP contribution < -0.4 is 0 Å². The standard InChI is InChI=1S/C15H18N2O2/c1-11(2)17-9-8-13(16-17)10-14(15(18)19)12-6-4-3-5-7-12/h3-9,11,14H,10H2,1-2H3,(H,18,19). The number of aromatic nitrogens is 2.